The second-order valence-corrected chi connectivity index (χ2v) is 3.45. The third kappa shape index (κ3) is 3.04. The van der Waals surface area contributed by atoms with E-state index in [0.29, 0.717) is 0 Å². The van der Waals surface area contributed by atoms with Gasteiger partial charge in [0.05, 0.1) is 5.57 Å². The van der Waals surface area contributed by atoms with E-state index in [1.807, 2.05) is 0 Å². The zero-order chi connectivity index (χ0) is 13.0. The number of carbonyl (C=O) groups excluding carboxylic acids is 1. The normalized spacial score (nSPS) is 9.47. The second-order valence-electron chi connectivity index (χ2n) is 3.45. The van der Waals surface area contributed by atoms with Gasteiger partial charge in [-0.25, -0.2) is 9.59 Å². The Morgan fingerprint density at radius 2 is 1.82 bits per heavy atom. The zero-order valence-electron chi connectivity index (χ0n) is 9.40. The van der Waals surface area contributed by atoms with Gasteiger partial charge in [0.15, 0.2) is 0 Å². The molecule has 0 aliphatic rings. The van der Waals surface area contributed by atoms with Crippen LogP contribution in [0.2, 0.25) is 0 Å². The highest BCUT2D eigenvalue weighted by Crippen LogP contribution is 2.25. The Labute approximate surface area is 98.8 Å². The first-order valence-corrected chi connectivity index (χ1v) is 4.82. The molecular weight excluding hydrogens is 220 g/mol. The third-order valence-corrected chi connectivity index (χ3v) is 2.02. The lowest BCUT2D eigenvalue weighted by Gasteiger charge is -2.09. The van der Waals surface area contributed by atoms with Gasteiger partial charge in [-0.05, 0) is 13.0 Å². The van der Waals surface area contributed by atoms with Gasteiger partial charge in [-0.3, -0.25) is 0 Å². The number of ether oxygens (including phenoxy) is 1. The SMILES string of the molecule is C=C(C)C(=O)Oc1ccccc1C(=C)C(=O)O. The lowest BCUT2D eigenvalue weighted by molar-refractivity contribution is -0.131. The number of carbonyl (C=O) groups is 2. The number of hydrogen-bond acceptors (Lipinski definition) is 3. The first kappa shape index (κ1) is 12.7. The van der Waals surface area contributed by atoms with Crippen LogP contribution in [-0.4, -0.2) is 17.0 Å². The predicted octanol–water partition coefficient (Wildman–Crippen LogP) is 2.27. The minimum Gasteiger partial charge on any atom is -0.478 e. The fraction of sp³-hybridized carbons (Fsp3) is 0.0769. The van der Waals surface area contributed by atoms with Crippen molar-refractivity contribution in [1.29, 1.82) is 0 Å². The maximum absolute atomic E-state index is 11.4. The fourth-order valence-electron chi connectivity index (χ4n) is 1.11. The van der Waals surface area contributed by atoms with Gasteiger partial charge >= 0.3 is 11.9 Å². The van der Waals surface area contributed by atoms with Gasteiger partial charge in [-0.2, -0.15) is 0 Å². The smallest absolute Gasteiger partial charge is 0.338 e. The van der Waals surface area contributed by atoms with Crippen molar-refractivity contribution in [3.8, 4) is 5.75 Å². The van der Waals surface area contributed by atoms with E-state index in [1.54, 1.807) is 12.1 Å². The number of carboxylic acids is 1. The van der Waals surface area contributed by atoms with Gasteiger partial charge in [-0.1, -0.05) is 31.4 Å². The van der Waals surface area contributed by atoms with E-state index in [2.05, 4.69) is 13.2 Å². The summed E-state index contributed by atoms with van der Waals surface area (Å²) in [5.74, 6) is -1.60. The van der Waals surface area contributed by atoms with Crippen molar-refractivity contribution in [3.63, 3.8) is 0 Å². The molecule has 0 atom stereocenters. The molecule has 0 spiro atoms. The summed E-state index contributed by atoms with van der Waals surface area (Å²) < 4.78 is 5.02. The van der Waals surface area contributed by atoms with E-state index < -0.39 is 11.9 Å². The molecular formula is C13H12O4. The Morgan fingerprint density at radius 1 is 1.24 bits per heavy atom. The van der Waals surface area contributed by atoms with Crippen LogP contribution in [0.15, 0.2) is 43.0 Å². The lowest BCUT2D eigenvalue weighted by atomic mass is 10.1. The molecule has 0 saturated carbocycles. The Morgan fingerprint density at radius 3 is 2.35 bits per heavy atom. The maximum atomic E-state index is 11.4. The Kier molecular flexibility index (Phi) is 3.82. The molecule has 1 rings (SSSR count). The van der Waals surface area contributed by atoms with E-state index in [-0.39, 0.29) is 22.5 Å². The molecule has 1 N–H and O–H groups in total. The van der Waals surface area contributed by atoms with Gasteiger partial charge in [0, 0.05) is 11.1 Å². The minimum atomic E-state index is -1.16. The highest BCUT2D eigenvalue weighted by Gasteiger charge is 2.15. The monoisotopic (exact) mass is 232 g/mol. The Bertz CT molecular complexity index is 500. The van der Waals surface area contributed by atoms with Crippen LogP contribution in [0, 0.1) is 0 Å². The van der Waals surface area contributed by atoms with Gasteiger partial charge < -0.3 is 9.84 Å². The summed E-state index contributed by atoms with van der Waals surface area (Å²) in [6, 6.07) is 6.31. The molecule has 0 fully saturated rings. The van der Waals surface area contributed by atoms with Crippen LogP contribution in [0.4, 0.5) is 0 Å². The van der Waals surface area contributed by atoms with E-state index in [4.69, 9.17) is 9.84 Å². The van der Waals surface area contributed by atoms with Gasteiger partial charge in [0.2, 0.25) is 0 Å². The summed E-state index contributed by atoms with van der Waals surface area (Å²) in [5.41, 5.74) is 0.380. The highest BCUT2D eigenvalue weighted by molar-refractivity contribution is 6.15. The number of rotatable bonds is 4. The molecule has 0 unspecified atom stereocenters. The summed E-state index contributed by atoms with van der Waals surface area (Å²) in [6.45, 7) is 8.38. The summed E-state index contributed by atoms with van der Waals surface area (Å²) in [7, 11) is 0. The molecule has 0 aromatic heterocycles. The number of benzene rings is 1. The van der Waals surface area contributed by atoms with Crippen LogP contribution >= 0.6 is 0 Å². The molecule has 0 heterocycles. The van der Waals surface area contributed by atoms with Crippen molar-refractivity contribution >= 4 is 17.5 Å². The molecule has 0 amide bonds. The molecule has 4 nitrogen and oxygen atoms in total. The molecule has 88 valence electrons. The van der Waals surface area contributed by atoms with Crippen LogP contribution in [0.1, 0.15) is 12.5 Å². The van der Waals surface area contributed by atoms with Gasteiger partial charge in [-0.15, -0.1) is 0 Å². The molecule has 1 aromatic carbocycles. The molecule has 0 saturated heterocycles. The summed E-state index contributed by atoms with van der Waals surface area (Å²) in [4.78, 5) is 22.2. The third-order valence-electron chi connectivity index (χ3n) is 2.02. The van der Waals surface area contributed by atoms with Crippen LogP contribution in [0.5, 0.6) is 5.75 Å². The quantitative estimate of drug-likeness (QED) is 0.491. The molecule has 0 aliphatic carbocycles. The summed E-state index contributed by atoms with van der Waals surface area (Å²) in [5, 5.41) is 8.85. The van der Waals surface area contributed by atoms with E-state index in [9.17, 15) is 9.59 Å². The average molecular weight is 232 g/mol. The predicted molar refractivity (Wildman–Crippen MR) is 63.6 cm³/mol. The van der Waals surface area contributed by atoms with Crippen LogP contribution < -0.4 is 4.74 Å². The Hall–Kier alpha value is -2.36. The fourth-order valence-corrected chi connectivity index (χ4v) is 1.11. The van der Waals surface area contributed by atoms with Crippen molar-refractivity contribution in [2.45, 2.75) is 6.92 Å². The number of carboxylic acid groups (broad SMARTS) is 1. The zero-order valence-corrected chi connectivity index (χ0v) is 9.40. The van der Waals surface area contributed by atoms with Crippen molar-refractivity contribution in [2.75, 3.05) is 0 Å². The molecule has 0 aliphatic heterocycles. The molecule has 0 radical (unpaired) electrons. The van der Waals surface area contributed by atoms with Crippen molar-refractivity contribution in [1.82, 2.24) is 0 Å². The van der Waals surface area contributed by atoms with Crippen molar-refractivity contribution in [3.05, 3.63) is 48.6 Å². The van der Waals surface area contributed by atoms with Crippen molar-refractivity contribution in [2.24, 2.45) is 0 Å². The summed E-state index contributed by atoms with van der Waals surface area (Å²) >= 11 is 0. The van der Waals surface area contributed by atoms with Gasteiger partial charge in [0.1, 0.15) is 5.75 Å². The largest absolute Gasteiger partial charge is 0.478 e. The van der Waals surface area contributed by atoms with Crippen molar-refractivity contribution < 1.29 is 19.4 Å². The van der Waals surface area contributed by atoms with Crippen LogP contribution in [-0.2, 0) is 9.59 Å². The molecule has 17 heavy (non-hydrogen) atoms. The number of hydrogen-bond donors (Lipinski definition) is 1. The number of esters is 1. The number of para-hydroxylation sites is 1. The lowest BCUT2D eigenvalue weighted by Crippen LogP contribution is -2.10. The van der Waals surface area contributed by atoms with Gasteiger partial charge in [0.25, 0.3) is 0 Å². The van der Waals surface area contributed by atoms with E-state index in [1.165, 1.54) is 19.1 Å². The Balaban J connectivity index is 3.08. The first-order chi connectivity index (χ1) is 7.93. The minimum absolute atomic E-state index is 0.130. The molecule has 1 aromatic rings. The first-order valence-electron chi connectivity index (χ1n) is 4.82. The maximum Gasteiger partial charge on any atom is 0.338 e. The highest BCUT2D eigenvalue weighted by atomic mass is 16.5. The second kappa shape index (κ2) is 5.12. The number of aliphatic carboxylic acids is 1. The molecule has 0 bridgehead atoms. The van der Waals surface area contributed by atoms with Crippen LogP contribution in [0.25, 0.3) is 5.57 Å². The van der Waals surface area contributed by atoms with E-state index >= 15 is 0 Å². The average Bonchev–Trinajstić information content (AvgIpc) is 2.28. The molecule has 4 heteroatoms. The van der Waals surface area contributed by atoms with Crippen LogP contribution in [0.3, 0.4) is 0 Å². The topological polar surface area (TPSA) is 63.6 Å². The summed E-state index contributed by atoms with van der Waals surface area (Å²) in [6.07, 6.45) is 0. The standard InChI is InChI=1S/C13H12O4/c1-8(2)13(16)17-11-7-5-4-6-10(11)9(3)12(14)15/h4-7H,1,3H2,2H3,(H,14,15). The van der Waals surface area contributed by atoms with E-state index in [0.717, 1.165) is 0 Å².